The first-order valence-electron chi connectivity index (χ1n) is 11.9. The zero-order valence-corrected chi connectivity index (χ0v) is 21.4. The molecule has 2 N–H and O–H groups in total. The molecule has 9 heteroatoms. The molecule has 0 saturated carbocycles. The smallest absolute Gasteiger partial charge is 0.260 e. The Kier molecular flexibility index (Phi) is 7.07. The number of rotatable bonds is 6. The van der Waals surface area contributed by atoms with Gasteiger partial charge in [0.15, 0.2) is 11.6 Å². The highest BCUT2D eigenvalue weighted by Crippen LogP contribution is 2.43. The third-order valence-electron chi connectivity index (χ3n) is 7.00. The van der Waals surface area contributed by atoms with Gasteiger partial charge in [-0.15, -0.1) is 11.8 Å². The molecule has 1 aromatic heterocycles. The summed E-state index contributed by atoms with van der Waals surface area (Å²) in [6.45, 7) is 1.65. The van der Waals surface area contributed by atoms with Crippen molar-refractivity contribution in [3.05, 3.63) is 117 Å². The maximum atomic E-state index is 15.5. The standard InChI is InChI=1S/C29H24F4N2O2S/c1-15-19(13-20-21(31)6-4-7-22(20)32)29-35(23(14-38-29)27(34)16-9-11-17(30)12-10-16)28(36)25(15)18-5-3-8-24(37-2)26(18)33/h3-12,23,27H,13-14,34H2,1-2H3. The lowest BCUT2D eigenvalue weighted by Crippen LogP contribution is -2.33. The molecule has 196 valence electrons. The zero-order chi connectivity index (χ0) is 27.1. The number of benzene rings is 3. The van der Waals surface area contributed by atoms with Crippen LogP contribution in [0.5, 0.6) is 5.75 Å². The zero-order valence-electron chi connectivity index (χ0n) is 20.6. The van der Waals surface area contributed by atoms with Crippen LogP contribution in [0.1, 0.15) is 34.3 Å². The highest BCUT2D eigenvalue weighted by atomic mass is 32.2. The number of nitrogens with zero attached hydrogens (tertiary/aromatic N) is 1. The van der Waals surface area contributed by atoms with Crippen molar-refractivity contribution in [1.82, 2.24) is 4.57 Å². The van der Waals surface area contributed by atoms with Gasteiger partial charge in [0.05, 0.1) is 29.8 Å². The Morgan fingerprint density at radius 3 is 2.32 bits per heavy atom. The summed E-state index contributed by atoms with van der Waals surface area (Å²) in [5.41, 5.74) is 7.57. The van der Waals surface area contributed by atoms with E-state index in [1.807, 2.05) is 0 Å². The normalized spacial score (nSPS) is 15.4. The number of thioether (sulfide) groups is 1. The molecule has 2 unspecified atom stereocenters. The summed E-state index contributed by atoms with van der Waals surface area (Å²) >= 11 is 1.35. The van der Waals surface area contributed by atoms with Crippen molar-refractivity contribution in [1.29, 1.82) is 0 Å². The third-order valence-corrected chi connectivity index (χ3v) is 8.22. The molecule has 0 aliphatic carbocycles. The van der Waals surface area contributed by atoms with Crippen molar-refractivity contribution in [2.75, 3.05) is 12.9 Å². The Balaban J connectivity index is 1.76. The third kappa shape index (κ3) is 4.39. The van der Waals surface area contributed by atoms with E-state index < -0.39 is 40.9 Å². The molecule has 5 rings (SSSR count). The molecule has 2 heterocycles. The maximum absolute atomic E-state index is 15.5. The number of ether oxygens (including phenoxy) is 1. The molecule has 0 spiro atoms. The molecule has 0 amide bonds. The molecule has 38 heavy (non-hydrogen) atoms. The number of methoxy groups -OCH3 is 1. The molecule has 0 fully saturated rings. The summed E-state index contributed by atoms with van der Waals surface area (Å²) in [6.07, 6.45) is -0.149. The molecule has 0 bridgehead atoms. The molecule has 1 aliphatic heterocycles. The van der Waals surface area contributed by atoms with Gasteiger partial charge in [-0.05, 0) is 53.9 Å². The number of hydrogen-bond donors (Lipinski definition) is 1. The Labute approximate surface area is 221 Å². The van der Waals surface area contributed by atoms with Gasteiger partial charge in [-0.25, -0.2) is 17.6 Å². The van der Waals surface area contributed by atoms with Gasteiger partial charge in [0.2, 0.25) is 0 Å². The fourth-order valence-electron chi connectivity index (χ4n) is 4.96. The summed E-state index contributed by atoms with van der Waals surface area (Å²) in [7, 11) is 1.32. The van der Waals surface area contributed by atoms with Gasteiger partial charge in [-0.1, -0.05) is 30.3 Å². The summed E-state index contributed by atoms with van der Waals surface area (Å²) in [6, 6.07) is 12.6. The van der Waals surface area contributed by atoms with Crippen LogP contribution in [0.2, 0.25) is 0 Å². The number of aromatic nitrogens is 1. The van der Waals surface area contributed by atoms with Crippen molar-refractivity contribution >= 4 is 11.8 Å². The minimum Gasteiger partial charge on any atom is -0.494 e. The van der Waals surface area contributed by atoms with Crippen LogP contribution in [-0.4, -0.2) is 17.4 Å². The molecular formula is C29H24F4N2O2S. The minimum absolute atomic E-state index is 0.0170. The van der Waals surface area contributed by atoms with Crippen molar-refractivity contribution in [2.45, 2.75) is 30.5 Å². The van der Waals surface area contributed by atoms with Crippen LogP contribution in [0, 0.1) is 30.2 Å². The van der Waals surface area contributed by atoms with Gasteiger partial charge in [-0.2, -0.15) is 0 Å². The highest BCUT2D eigenvalue weighted by Gasteiger charge is 2.35. The molecule has 0 saturated heterocycles. The second kappa shape index (κ2) is 10.3. The van der Waals surface area contributed by atoms with Crippen LogP contribution in [0.15, 0.2) is 70.5 Å². The second-order valence-electron chi connectivity index (χ2n) is 9.11. The first-order valence-corrected chi connectivity index (χ1v) is 12.9. The second-order valence-corrected chi connectivity index (χ2v) is 10.1. The number of fused-ring (bicyclic) bond motifs is 1. The van der Waals surface area contributed by atoms with Gasteiger partial charge in [0.1, 0.15) is 17.5 Å². The number of halogens is 4. The average Bonchev–Trinajstić information content (AvgIpc) is 3.34. The topological polar surface area (TPSA) is 57.2 Å². The quantitative estimate of drug-likeness (QED) is 0.291. The first-order chi connectivity index (χ1) is 18.2. The molecule has 0 radical (unpaired) electrons. The van der Waals surface area contributed by atoms with Gasteiger partial charge in [-0.3, -0.25) is 9.36 Å². The van der Waals surface area contributed by atoms with E-state index in [0.717, 1.165) is 0 Å². The van der Waals surface area contributed by atoms with E-state index in [0.29, 0.717) is 27.5 Å². The van der Waals surface area contributed by atoms with Crippen molar-refractivity contribution in [3.63, 3.8) is 0 Å². The first kappa shape index (κ1) is 26.1. The lowest BCUT2D eigenvalue weighted by Gasteiger charge is -2.25. The Hall–Kier alpha value is -3.56. The Bertz CT molecular complexity index is 1570. The SMILES string of the molecule is COc1cccc(-c2c(C)c(Cc3c(F)cccc3F)c3n(c2=O)C(C(N)c2ccc(F)cc2)CS3)c1F. The predicted molar refractivity (Wildman–Crippen MR) is 140 cm³/mol. The van der Waals surface area contributed by atoms with E-state index in [-0.39, 0.29) is 28.9 Å². The van der Waals surface area contributed by atoms with Crippen molar-refractivity contribution < 1.29 is 22.3 Å². The van der Waals surface area contributed by atoms with E-state index in [2.05, 4.69) is 0 Å². The predicted octanol–water partition coefficient (Wildman–Crippen LogP) is 6.33. The maximum Gasteiger partial charge on any atom is 0.260 e. The molecule has 2 atom stereocenters. The van der Waals surface area contributed by atoms with E-state index in [1.165, 1.54) is 65.9 Å². The molecule has 4 nitrogen and oxygen atoms in total. The summed E-state index contributed by atoms with van der Waals surface area (Å²) in [4.78, 5) is 14.1. The minimum atomic E-state index is -0.719. The molecule has 3 aromatic carbocycles. The average molecular weight is 541 g/mol. The summed E-state index contributed by atoms with van der Waals surface area (Å²) in [5.74, 6) is -2.22. The lowest BCUT2D eigenvalue weighted by atomic mass is 9.93. The van der Waals surface area contributed by atoms with Crippen LogP contribution in [0.3, 0.4) is 0 Å². The summed E-state index contributed by atoms with van der Waals surface area (Å²) in [5, 5.41) is 0.518. The van der Waals surface area contributed by atoms with E-state index in [9.17, 15) is 18.0 Å². The highest BCUT2D eigenvalue weighted by molar-refractivity contribution is 7.99. The Morgan fingerprint density at radius 2 is 1.66 bits per heavy atom. The molecular weight excluding hydrogens is 516 g/mol. The van der Waals surface area contributed by atoms with Crippen LogP contribution in [0.25, 0.3) is 11.1 Å². The van der Waals surface area contributed by atoms with Crippen molar-refractivity contribution in [2.24, 2.45) is 5.73 Å². The van der Waals surface area contributed by atoms with Crippen LogP contribution in [0.4, 0.5) is 17.6 Å². The largest absolute Gasteiger partial charge is 0.494 e. The molecule has 1 aliphatic rings. The number of hydrogen-bond acceptors (Lipinski definition) is 4. The van der Waals surface area contributed by atoms with Crippen LogP contribution >= 0.6 is 11.8 Å². The van der Waals surface area contributed by atoms with Crippen LogP contribution < -0.4 is 16.0 Å². The lowest BCUT2D eigenvalue weighted by molar-refractivity contribution is 0.387. The van der Waals surface area contributed by atoms with Crippen LogP contribution in [-0.2, 0) is 6.42 Å². The fraction of sp³-hybridized carbons (Fsp3) is 0.207. The number of nitrogens with two attached hydrogens (primary N) is 1. The molecule has 4 aromatic rings. The Morgan fingerprint density at radius 1 is 1.00 bits per heavy atom. The summed E-state index contributed by atoms with van der Waals surface area (Å²) < 4.78 is 65.0. The number of pyridine rings is 1. The van der Waals surface area contributed by atoms with E-state index in [1.54, 1.807) is 25.1 Å². The monoisotopic (exact) mass is 540 g/mol. The van der Waals surface area contributed by atoms with E-state index >= 15 is 4.39 Å². The van der Waals surface area contributed by atoms with Gasteiger partial charge >= 0.3 is 0 Å². The van der Waals surface area contributed by atoms with Crippen molar-refractivity contribution in [3.8, 4) is 16.9 Å². The van der Waals surface area contributed by atoms with E-state index in [4.69, 9.17) is 10.5 Å². The van der Waals surface area contributed by atoms with Gasteiger partial charge in [0, 0.05) is 23.3 Å². The van der Waals surface area contributed by atoms with Gasteiger partial charge in [0.25, 0.3) is 5.56 Å². The van der Waals surface area contributed by atoms with Gasteiger partial charge < -0.3 is 10.5 Å². The fourth-order valence-corrected chi connectivity index (χ4v) is 6.40.